The van der Waals surface area contributed by atoms with Gasteiger partial charge in [0.2, 0.25) is 12.7 Å². The van der Waals surface area contributed by atoms with Crippen LogP contribution in [0.25, 0.3) is 0 Å². The summed E-state index contributed by atoms with van der Waals surface area (Å²) in [6.45, 7) is 0.139. The molecule has 2 aromatic carbocycles. The number of hydrogen-bond acceptors (Lipinski definition) is 6. The molecular weight excluding hydrogens is 344 g/mol. The molecule has 2 amide bonds. The van der Waals surface area contributed by atoms with Crippen molar-refractivity contribution < 1.29 is 23.8 Å². The monoisotopic (exact) mass is 360 g/mol. The molecule has 0 radical (unpaired) electrons. The van der Waals surface area contributed by atoms with E-state index < -0.39 is 5.91 Å². The lowest BCUT2D eigenvalue weighted by atomic mass is 10.2. The molecular formula is C17H16N2O5S. The van der Waals surface area contributed by atoms with Crippen LogP contribution in [0.15, 0.2) is 47.4 Å². The first-order chi connectivity index (χ1) is 12.2. The van der Waals surface area contributed by atoms with E-state index in [2.05, 4.69) is 10.9 Å². The minimum Gasteiger partial charge on any atom is -0.497 e. The number of nitrogens with one attached hydrogen (secondary N) is 2. The molecule has 0 atom stereocenters. The molecule has 7 nitrogen and oxygen atoms in total. The van der Waals surface area contributed by atoms with Crippen molar-refractivity contribution >= 4 is 23.6 Å². The first kappa shape index (κ1) is 17.0. The molecule has 130 valence electrons. The zero-order valence-electron chi connectivity index (χ0n) is 13.4. The van der Waals surface area contributed by atoms with Crippen molar-refractivity contribution in [3.63, 3.8) is 0 Å². The van der Waals surface area contributed by atoms with Crippen LogP contribution in [0, 0.1) is 0 Å². The summed E-state index contributed by atoms with van der Waals surface area (Å²) in [5.74, 6) is 1.29. The Labute approximate surface area is 148 Å². The second-order valence-electron chi connectivity index (χ2n) is 5.03. The van der Waals surface area contributed by atoms with Crippen LogP contribution in [0.2, 0.25) is 0 Å². The van der Waals surface area contributed by atoms with E-state index in [1.807, 2.05) is 24.3 Å². The van der Waals surface area contributed by atoms with Crippen LogP contribution >= 0.6 is 11.8 Å². The largest absolute Gasteiger partial charge is 0.497 e. The molecule has 0 aliphatic carbocycles. The fourth-order valence-corrected chi connectivity index (χ4v) is 2.79. The van der Waals surface area contributed by atoms with Gasteiger partial charge < -0.3 is 14.2 Å². The van der Waals surface area contributed by atoms with Crippen molar-refractivity contribution in [1.82, 2.24) is 10.9 Å². The molecule has 2 aromatic rings. The number of fused-ring (bicyclic) bond motifs is 1. The summed E-state index contributed by atoms with van der Waals surface area (Å²) in [6, 6.07) is 12.2. The van der Waals surface area contributed by atoms with Gasteiger partial charge >= 0.3 is 0 Å². The molecule has 0 saturated heterocycles. The molecule has 1 heterocycles. The van der Waals surface area contributed by atoms with Gasteiger partial charge in [0.25, 0.3) is 5.91 Å². The molecule has 25 heavy (non-hydrogen) atoms. The van der Waals surface area contributed by atoms with Gasteiger partial charge in [0.15, 0.2) is 11.5 Å². The number of hydrogen-bond donors (Lipinski definition) is 2. The zero-order valence-corrected chi connectivity index (χ0v) is 14.2. The topological polar surface area (TPSA) is 85.9 Å². The van der Waals surface area contributed by atoms with Gasteiger partial charge in [0.05, 0.1) is 12.9 Å². The van der Waals surface area contributed by atoms with Crippen molar-refractivity contribution in [2.24, 2.45) is 0 Å². The smallest absolute Gasteiger partial charge is 0.269 e. The Morgan fingerprint density at radius 1 is 1.08 bits per heavy atom. The van der Waals surface area contributed by atoms with E-state index in [4.69, 9.17) is 14.2 Å². The summed E-state index contributed by atoms with van der Waals surface area (Å²) in [6.07, 6.45) is 0. The molecule has 8 heteroatoms. The third kappa shape index (κ3) is 4.36. The molecule has 0 aromatic heterocycles. The van der Waals surface area contributed by atoms with Gasteiger partial charge in [-0.2, -0.15) is 0 Å². The predicted octanol–water partition coefficient (Wildman–Crippen LogP) is 1.98. The normalized spacial score (nSPS) is 11.7. The minimum absolute atomic E-state index is 0.139. The average Bonchev–Trinajstić information content (AvgIpc) is 3.12. The summed E-state index contributed by atoms with van der Waals surface area (Å²) in [7, 11) is 1.60. The summed E-state index contributed by atoms with van der Waals surface area (Å²) in [5.41, 5.74) is 5.13. The van der Waals surface area contributed by atoms with Crippen molar-refractivity contribution in [2.75, 3.05) is 19.7 Å². The Morgan fingerprint density at radius 2 is 1.84 bits per heavy atom. The summed E-state index contributed by atoms with van der Waals surface area (Å²) in [4.78, 5) is 24.8. The maximum absolute atomic E-state index is 12.1. The molecule has 0 spiro atoms. The fourth-order valence-electron chi connectivity index (χ4n) is 2.09. The van der Waals surface area contributed by atoms with Gasteiger partial charge in [-0.15, -0.1) is 11.8 Å². The number of carbonyl (C=O) groups is 2. The van der Waals surface area contributed by atoms with E-state index >= 15 is 0 Å². The van der Waals surface area contributed by atoms with E-state index in [9.17, 15) is 9.59 Å². The molecule has 3 rings (SSSR count). The number of carbonyl (C=O) groups excluding carboxylic acids is 2. The lowest BCUT2D eigenvalue weighted by Crippen LogP contribution is -2.42. The van der Waals surface area contributed by atoms with Crippen LogP contribution in [0.3, 0.4) is 0 Å². The van der Waals surface area contributed by atoms with E-state index in [0.717, 1.165) is 10.6 Å². The van der Waals surface area contributed by atoms with Crippen LogP contribution in [0.5, 0.6) is 17.2 Å². The van der Waals surface area contributed by atoms with Crippen molar-refractivity contribution in [1.29, 1.82) is 0 Å². The van der Waals surface area contributed by atoms with Crippen LogP contribution < -0.4 is 25.1 Å². The standard InChI is InChI=1S/C17H16N2O5S/c1-22-12-3-5-13(6-4-12)25-9-16(20)18-19-17(21)11-2-7-14-15(8-11)24-10-23-14/h2-8H,9-10H2,1H3,(H,18,20)(H,19,21). The third-order valence-corrected chi connectivity index (χ3v) is 4.39. The van der Waals surface area contributed by atoms with Gasteiger partial charge in [-0.3, -0.25) is 20.4 Å². The van der Waals surface area contributed by atoms with Crippen LogP contribution in [-0.4, -0.2) is 31.5 Å². The number of benzene rings is 2. The minimum atomic E-state index is -0.430. The zero-order chi connectivity index (χ0) is 17.6. The molecule has 0 bridgehead atoms. The Kier molecular flexibility index (Phi) is 5.30. The highest BCUT2D eigenvalue weighted by Crippen LogP contribution is 2.32. The molecule has 0 fully saturated rings. The van der Waals surface area contributed by atoms with E-state index in [1.54, 1.807) is 25.3 Å². The van der Waals surface area contributed by atoms with Crippen LogP contribution in [-0.2, 0) is 4.79 Å². The Bertz CT molecular complexity index is 779. The summed E-state index contributed by atoms with van der Waals surface area (Å²) >= 11 is 1.36. The summed E-state index contributed by atoms with van der Waals surface area (Å²) in [5, 5.41) is 0. The third-order valence-electron chi connectivity index (χ3n) is 3.38. The number of hydrazine groups is 1. The van der Waals surface area contributed by atoms with E-state index in [-0.39, 0.29) is 18.5 Å². The molecule has 1 aliphatic rings. The maximum Gasteiger partial charge on any atom is 0.269 e. The second-order valence-corrected chi connectivity index (χ2v) is 6.08. The predicted molar refractivity (Wildman–Crippen MR) is 91.9 cm³/mol. The van der Waals surface area contributed by atoms with Crippen LogP contribution in [0.4, 0.5) is 0 Å². The van der Waals surface area contributed by atoms with Crippen molar-refractivity contribution in [2.45, 2.75) is 4.90 Å². The molecule has 1 aliphatic heterocycles. The number of ether oxygens (including phenoxy) is 3. The van der Waals surface area contributed by atoms with E-state index in [0.29, 0.717) is 17.1 Å². The van der Waals surface area contributed by atoms with Gasteiger partial charge in [0, 0.05) is 10.5 Å². The number of thioether (sulfide) groups is 1. The number of methoxy groups -OCH3 is 1. The number of amides is 2. The highest BCUT2D eigenvalue weighted by atomic mass is 32.2. The highest BCUT2D eigenvalue weighted by molar-refractivity contribution is 8.00. The average molecular weight is 360 g/mol. The van der Waals surface area contributed by atoms with Crippen LogP contribution in [0.1, 0.15) is 10.4 Å². The summed E-state index contributed by atoms with van der Waals surface area (Å²) < 4.78 is 15.5. The van der Waals surface area contributed by atoms with Crippen molar-refractivity contribution in [3.05, 3.63) is 48.0 Å². The molecule has 0 unspecified atom stereocenters. The molecule has 0 saturated carbocycles. The fraction of sp³-hybridized carbons (Fsp3) is 0.176. The van der Waals surface area contributed by atoms with Gasteiger partial charge in [-0.25, -0.2) is 0 Å². The quantitative estimate of drug-likeness (QED) is 0.626. The number of rotatable bonds is 5. The van der Waals surface area contributed by atoms with Crippen molar-refractivity contribution in [3.8, 4) is 17.2 Å². The van der Waals surface area contributed by atoms with Gasteiger partial charge in [-0.1, -0.05) is 0 Å². The maximum atomic E-state index is 12.1. The Morgan fingerprint density at radius 3 is 2.60 bits per heavy atom. The Hall–Kier alpha value is -2.87. The second kappa shape index (κ2) is 7.80. The SMILES string of the molecule is COc1ccc(SCC(=O)NNC(=O)c2ccc3c(c2)OCO3)cc1. The lowest BCUT2D eigenvalue weighted by Gasteiger charge is -2.08. The Balaban J connectivity index is 1.46. The first-order valence-electron chi connectivity index (χ1n) is 7.41. The van der Waals surface area contributed by atoms with Gasteiger partial charge in [0.1, 0.15) is 5.75 Å². The van der Waals surface area contributed by atoms with Gasteiger partial charge in [-0.05, 0) is 42.5 Å². The first-order valence-corrected chi connectivity index (χ1v) is 8.40. The highest BCUT2D eigenvalue weighted by Gasteiger charge is 2.16. The van der Waals surface area contributed by atoms with E-state index in [1.165, 1.54) is 11.8 Å². The molecule has 2 N–H and O–H groups in total. The lowest BCUT2D eigenvalue weighted by molar-refractivity contribution is -0.119.